The van der Waals surface area contributed by atoms with E-state index in [2.05, 4.69) is 17.5 Å². The van der Waals surface area contributed by atoms with Gasteiger partial charge in [0.1, 0.15) is 0 Å². The fourth-order valence-corrected chi connectivity index (χ4v) is 2.33. The van der Waals surface area contributed by atoms with Gasteiger partial charge in [0.15, 0.2) is 11.5 Å². The molecule has 146 valence electrons. The van der Waals surface area contributed by atoms with Crippen LogP contribution in [0, 0.1) is 0 Å². The Bertz CT molecular complexity index is 744. The molecule has 0 aliphatic rings. The zero-order valence-electron chi connectivity index (χ0n) is 15.3. The van der Waals surface area contributed by atoms with Crippen molar-refractivity contribution in [2.24, 2.45) is 5.10 Å². The number of alkyl halides is 3. The predicted octanol–water partition coefficient (Wildman–Crippen LogP) is 5.73. The van der Waals surface area contributed by atoms with Gasteiger partial charge >= 0.3 is 6.18 Å². The molecule has 27 heavy (non-hydrogen) atoms. The Labute approximate surface area is 157 Å². The number of benzene rings is 2. The topological polar surface area (TPSA) is 42.8 Å². The van der Waals surface area contributed by atoms with Crippen LogP contribution in [0.15, 0.2) is 47.6 Å². The van der Waals surface area contributed by atoms with Gasteiger partial charge in [0.2, 0.25) is 0 Å². The molecule has 1 N–H and O–H groups in total. The van der Waals surface area contributed by atoms with Crippen molar-refractivity contribution in [3.63, 3.8) is 0 Å². The van der Waals surface area contributed by atoms with E-state index in [0.717, 1.165) is 37.0 Å². The van der Waals surface area contributed by atoms with Crippen molar-refractivity contribution in [2.75, 3.05) is 19.1 Å². The second kappa shape index (κ2) is 9.85. The van der Waals surface area contributed by atoms with E-state index in [0.29, 0.717) is 23.8 Å². The summed E-state index contributed by atoms with van der Waals surface area (Å²) in [7, 11) is 1.57. The number of nitrogens with zero attached hydrogens (tertiary/aromatic N) is 1. The van der Waals surface area contributed by atoms with Gasteiger partial charge < -0.3 is 9.47 Å². The van der Waals surface area contributed by atoms with Gasteiger partial charge in [-0.25, -0.2) is 0 Å². The first-order valence-corrected chi connectivity index (χ1v) is 8.71. The fraction of sp³-hybridized carbons (Fsp3) is 0.350. The Hall–Kier alpha value is -2.70. The van der Waals surface area contributed by atoms with Crippen LogP contribution in [0.2, 0.25) is 0 Å². The number of methoxy groups -OCH3 is 1. The van der Waals surface area contributed by atoms with Crippen LogP contribution in [-0.4, -0.2) is 19.9 Å². The summed E-state index contributed by atoms with van der Waals surface area (Å²) < 4.78 is 48.7. The molecular weight excluding hydrogens is 357 g/mol. The zero-order chi connectivity index (χ0) is 19.7. The Morgan fingerprint density at radius 3 is 2.41 bits per heavy atom. The molecule has 2 aromatic carbocycles. The van der Waals surface area contributed by atoms with Gasteiger partial charge in [-0.3, -0.25) is 5.43 Å². The van der Waals surface area contributed by atoms with Crippen molar-refractivity contribution in [1.82, 2.24) is 0 Å². The first kappa shape index (κ1) is 20.6. The summed E-state index contributed by atoms with van der Waals surface area (Å²) in [5, 5.41) is 4.04. The summed E-state index contributed by atoms with van der Waals surface area (Å²) in [5.41, 5.74) is 3.24. The van der Waals surface area contributed by atoms with Crippen LogP contribution in [0.5, 0.6) is 11.5 Å². The number of ether oxygens (including phenoxy) is 2. The van der Waals surface area contributed by atoms with Crippen LogP contribution in [0.25, 0.3) is 0 Å². The molecule has 0 radical (unpaired) electrons. The predicted molar refractivity (Wildman–Crippen MR) is 101 cm³/mol. The van der Waals surface area contributed by atoms with E-state index in [1.165, 1.54) is 12.1 Å². The number of anilines is 1. The van der Waals surface area contributed by atoms with E-state index in [1.807, 2.05) is 12.1 Å². The zero-order valence-corrected chi connectivity index (χ0v) is 15.3. The van der Waals surface area contributed by atoms with Gasteiger partial charge in [-0.1, -0.05) is 19.8 Å². The van der Waals surface area contributed by atoms with Crippen LogP contribution < -0.4 is 14.9 Å². The van der Waals surface area contributed by atoms with Gasteiger partial charge in [-0.15, -0.1) is 0 Å². The number of nitrogens with one attached hydrogen (secondary N) is 1. The summed E-state index contributed by atoms with van der Waals surface area (Å²) >= 11 is 0. The average molecular weight is 380 g/mol. The molecule has 0 heterocycles. The molecule has 2 rings (SSSR count). The molecule has 0 atom stereocenters. The number of rotatable bonds is 9. The molecule has 0 unspecified atom stereocenters. The van der Waals surface area contributed by atoms with Crippen LogP contribution in [0.4, 0.5) is 18.9 Å². The highest BCUT2D eigenvalue weighted by Gasteiger charge is 2.29. The standard InChI is InChI=1S/C20H23F3N2O2/c1-3-4-5-12-27-18-11-6-15(13-19(18)26-2)14-24-25-17-9-7-16(8-10-17)20(21,22)23/h6-11,13-14,25H,3-5,12H2,1-2H3. The van der Waals surface area contributed by atoms with Crippen LogP contribution >= 0.6 is 0 Å². The molecular formula is C20H23F3N2O2. The lowest BCUT2D eigenvalue weighted by Crippen LogP contribution is -2.04. The van der Waals surface area contributed by atoms with E-state index in [4.69, 9.17) is 9.47 Å². The Kier molecular flexibility index (Phi) is 7.52. The summed E-state index contributed by atoms with van der Waals surface area (Å²) in [6, 6.07) is 10.1. The van der Waals surface area contributed by atoms with Crippen LogP contribution in [0.3, 0.4) is 0 Å². The lowest BCUT2D eigenvalue weighted by molar-refractivity contribution is -0.137. The minimum Gasteiger partial charge on any atom is -0.493 e. The van der Waals surface area contributed by atoms with Gasteiger partial charge in [0, 0.05) is 0 Å². The molecule has 2 aromatic rings. The molecule has 4 nitrogen and oxygen atoms in total. The highest BCUT2D eigenvalue weighted by molar-refractivity contribution is 5.81. The van der Waals surface area contributed by atoms with Crippen molar-refractivity contribution < 1.29 is 22.6 Å². The monoisotopic (exact) mass is 380 g/mol. The fourth-order valence-electron chi connectivity index (χ4n) is 2.33. The van der Waals surface area contributed by atoms with Gasteiger partial charge in [0.25, 0.3) is 0 Å². The normalized spacial score (nSPS) is 11.6. The maximum absolute atomic E-state index is 12.5. The molecule has 0 spiro atoms. The molecule has 0 aliphatic carbocycles. The van der Waals surface area contributed by atoms with Gasteiger partial charge in [-0.05, 0) is 54.4 Å². The second-order valence-electron chi connectivity index (χ2n) is 5.91. The summed E-state index contributed by atoms with van der Waals surface area (Å²) in [4.78, 5) is 0. The maximum atomic E-state index is 12.5. The van der Waals surface area contributed by atoms with Crippen molar-refractivity contribution in [1.29, 1.82) is 0 Å². The van der Waals surface area contributed by atoms with E-state index in [1.54, 1.807) is 19.4 Å². The molecule has 0 saturated carbocycles. The van der Waals surface area contributed by atoms with Crippen molar-refractivity contribution >= 4 is 11.9 Å². The molecule has 0 bridgehead atoms. The van der Waals surface area contributed by atoms with E-state index in [9.17, 15) is 13.2 Å². The number of hydrazone groups is 1. The SMILES string of the molecule is CCCCCOc1ccc(C=NNc2ccc(C(F)(F)F)cc2)cc1OC. The lowest BCUT2D eigenvalue weighted by atomic mass is 10.2. The van der Waals surface area contributed by atoms with Crippen LogP contribution in [0.1, 0.15) is 37.3 Å². The third kappa shape index (κ3) is 6.51. The molecule has 0 aromatic heterocycles. The smallest absolute Gasteiger partial charge is 0.416 e. The third-order valence-electron chi connectivity index (χ3n) is 3.81. The van der Waals surface area contributed by atoms with Crippen molar-refractivity contribution in [2.45, 2.75) is 32.4 Å². The van der Waals surface area contributed by atoms with E-state index < -0.39 is 11.7 Å². The summed E-state index contributed by atoms with van der Waals surface area (Å²) in [6.45, 7) is 2.76. The largest absolute Gasteiger partial charge is 0.493 e. The highest BCUT2D eigenvalue weighted by Crippen LogP contribution is 2.30. The summed E-state index contributed by atoms with van der Waals surface area (Å²) in [5.74, 6) is 1.27. The molecule has 7 heteroatoms. The van der Waals surface area contributed by atoms with E-state index in [-0.39, 0.29) is 0 Å². The van der Waals surface area contributed by atoms with Crippen molar-refractivity contribution in [3.8, 4) is 11.5 Å². The quantitative estimate of drug-likeness (QED) is 0.343. The third-order valence-corrected chi connectivity index (χ3v) is 3.81. The minimum atomic E-state index is -4.35. The average Bonchev–Trinajstić information content (AvgIpc) is 2.65. The second-order valence-corrected chi connectivity index (χ2v) is 5.91. The maximum Gasteiger partial charge on any atom is 0.416 e. The summed E-state index contributed by atoms with van der Waals surface area (Å²) in [6.07, 6.45) is 0.435. The molecule has 0 saturated heterocycles. The number of hydrogen-bond acceptors (Lipinski definition) is 4. The van der Waals surface area contributed by atoms with Crippen molar-refractivity contribution in [3.05, 3.63) is 53.6 Å². The van der Waals surface area contributed by atoms with E-state index >= 15 is 0 Å². The van der Waals surface area contributed by atoms with Gasteiger partial charge in [0.05, 0.1) is 31.2 Å². The minimum absolute atomic E-state index is 0.460. The van der Waals surface area contributed by atoms with Gasteiger partial charge in [-0.2, -0.15) is 18.3 Å². The Balaban J connectivity index is 1.96. The highest BCUT2D eigenvalue weighted by atomic mass is 19.4. The first-order valence-electron chi connectivity index (χ1n) is 8.71. The number of hydrogen-bond donors (Lipinski definition) is 1. The molecule has 0 aliphatic heterocycles. The van der Waals surface area contributed by atoms with Crippen LogP contribution in [-0.2, 0) is 6.18 Å². The number of halogens is 3. The number of unbranched alkanes of at least 4 members (excludes halogenated alkanes) is 2. The molecule has 0 fully saturated rings. The Morgan fingerprint density at radius 1 is 1.04 bits per heavy atom. The Morgan fingerprint density at radius 2 is 1.78 bits per heavy atom. The lowest BCUT2D eigenvalue weighted by Gasteiger charge is -2.11. The first-order chi connectivity index (χ1) is 12.9. The molecule has 0 amide bonds.